The van der Waals surface area contributed by atoms with E-state index in [0.29, 0.717) is 6.07 Å². The topological polar surface area (TPSA) is 61.1 Å². The summed E-state index contributed by atoms with van der Waals surface area (Å²) in [6.45, 7) is 1.40. The monoisotopic (exact) mass is 296 g/mol. The molecule has 0 fully saturated rings. The standard InChI is InChI=1S/C9H5Cl2F3N4/c1-4(3-15)17-18-8-6(10)2-5(7(11)16-8)9(12,13)14/h2H,1H3,(H,16,18)/b17-4+. The number of nitrogens with zero attached hydrogens (tertiary/aromatic N) is 3. The molecule has 0 aromatic carbocycles. The van der Waals surface area contributed by atoms with Crippen LogP contribution in [0, 0.1) is 11.3 Å². The summed E-state index contributed by atoms with van der Waals surface area (Å²) >= 11 is 11.0. The number of hydrogen-bond acceptors (Lipinski definition) is 4. The minimum atomic E-state index is -4.64. The van der Waals surface area contributed by atoms with Crippen molar-refractivity contribution in [1.29, 1.82) is 5.26 Å². The number of nitrogens with one attached hydrogen (secondary N) is 1. The minimum Gasteiger partial charge on any atom is -0.259 e. The predicted octanol–water partition coefficient (Wildman–Crippen LogP) is 3.72. The van der Waals surface area contributed by atoms with Gasteiger partial charge in [0.05, 0.1) is 10.6 Å². The fourth-order valence-corrected chi connectivity index (χ4v) is 1.35. The predicted molar refractivity (Wildman–Crippen MR) is 61.6 cm³/mol. The maximum absolute atomic E-state index is 12.5. The number of rotatable bonds is 2. The van der Waals surface area contributed by atoms with Gasteiger partial charge in [0, 0.05) is 0 Å². The fourth-order valence-electron chi connectivity index (χ4n) is 0.905. The summed E-state index contributed by atoms with van der Waals surface area (Å²) < 4.78 is 37.4. The van der Waals surface area contributed by atoms with Gasteiger partial charge in [0.1, 0.15) is 16.9 Å². The first-order valence-corrected chi connectivity index (χ1v) is 5.15. The number of alkyl halides is 3. The first-order chi connectivity index (χ1) is 8.25. The fraction of sp³-hybridized carbons (Fsp3) is 0.222. The molecule has 0 aliphatic carbocycles. The first-order valence-electron chi connectivity index (χ1n) is 4.39. The van der Waals surface area contributed by atoms with E-state index in [4.69, 9.17) is 28.5 Å². The zero-order valence-corrected chi connectivity index (χ0v) is 10.3. The molecule has 4 nitrogen and oxygen atoms in total. The number of aromatic nitrogens is 1. The Labute approximate surface area is 110 Å². The summed E-state index contributed by atoms with van der Waals surface area (Å²) in [5.74, 6) is -0.163. The molecule has 0 saturated heterocycles. The molecule has 0 spiro atoms. The molecule has 9 heteroatoms. The van der Waals surface area contributed by atoms with E-state index in [2.05, 4.69) is 15.5 Å². The molecule has 0 aliphatic heterocycles. The number of halogens is 5. The Morgan fingerprint density at radius 1 is 1.50 bits per heavy atom. The minimum absolute atomic E-state index is 0.0592. The highest BCUT2D eigenvalue weighted by atomic mass is 35.5. The third-order valence-corrected chi connectivity index (χ3v) is 2.30. The largest absolute Gasteiger partial charge is 0.419 e. The van der Waals surface area contributed by atoms with Crippen molar-refractivity contribution in [3.63, 3.8) is 0 Å². The molecule has 1 heterocycles. The van der Waals surface area contributed by atoms with Gasteiger partial charge in [-0.15, -0.1) is 0 Å². The lowest BCUT2D eigenvalue weighted by atomic mass is 10.3. The molecule has 1 N–H and O–H groups in total. The van der Waals surface area contributed by atoms with Gasteiger partial charge in [-0.05, 0) is 13.0 Å². The molecule has 0 saturated carbocycles. The molecule has 0 amide bonds. The van der Waals surface area contributed by atoms with E-state index in [1.807, 2.05) is 0 Å². The molecule has 18 heavy (non-hydrogen) atoms. The molecule has 1 rings (SSSR count). The molecule has 0 atom stereocenters. The Morgan fingerprint density at radius 2 is 2.11 bits per heavy atom. The van der Waals surface area contributed by atoms with Crippen LogP contribution in [-0.2, 0) is 6.18 Å². The van der Waals surface area contributed by atoms with Crippen molar-refractivity contribution in [2.24, 2.45) is 5.10 Å². The van der Waals surface area contributed by atoms with Crippen molar-refractivity contribution in [2.45, 2.75) is 13.1 Å². The van der Waals surface area contributed by atoms with Crippen molar-refractivity contribution in [3.05, 3.63) is 21.8 Å². The molecular weight excluding hydrogens is 292 g/mol. The van der Waals surface area contributed by atoms with Gasteiger partial charge in [-0.25, -0.2) is 4.98 Å². The second kappa shape index (κ2) is 5.42. The normalized spacial score (nSPS) is 12.2. The van der Waals surface area contributed by atoms with E-state index in [1.54, 1.807) is 6.07 Å². The lowest BCUT2D eigenvalue weighted by Crippen LogP contribution is -2.08. The molecule has 0 aliphatic rings. The van der Waals surface area contributed by atoms with Gasteiger partial charge >= 0.3 is 6.18 Å². The average Bonchev–Trinajstić information content (AvgIpc) is 2.27. The van der Waals surface area contributed by atoms with Gasteiger partial charge in [-0.2, -0.15) is 23.5 Å². The smallest absolute Gasteiger partial charge is 0.259 e. The Morgan fingerprint density at radius 3 is 2.61 bits per heavy atom. The number of anilines is 1. The molecule has 0 bridgehead atoms. The van der Waals surface area contributed by atoms with Crippen LogP contribution in [0.15, 0.2) is 11.2 Å². The third kappa shape index (κ3) is 3.48. The lowest BCUT2D eigenvalue weighted by Gasteiger charge is -2.10. The number of hydrazone groups is 1. The van der Waals surface area contributed by atoms with E-state index in [-0.39, 0.29) is 16.6 Å². The average molecular weight is 297 g/mol. The number of nitriles is 1. The Hall–Kier alpha value is -1.52. The van der Waals surface area contributed by atoms with E-state index in [9.17, 15) is 13.2 Å². The van der Waals surface area contributed by atoms with E-state index >= 15 is 0 Å². The first kappa shape index (κ1) is 14.5. The summed E-state index contributed by atoms with van der Waals surface area (Å²) in [6.07, 6.45) is -4.64. The maximum Gasteiger partial charge on any atom is 0.419 e. The van der Waals surface area contributed by atoms with Crippen molar-refractivity contribution < 1.29 is 13.2 Å². The highest BCUT2D eigenvalue weighted by Crippen LogP contribution is 2.37. The van der Waals surface area contributed by atoms with Gasteiger partial charge in [0.2, 0.25) is 0 Å². The highest BCUT2D eigenvalue weighted by molar-refractivity contribution is 6.34. The quantitative estimate of drug-likeness (QED) is 0.514. The number of pyridine rings is 1. The van der Waals surface area contributed by atoms with Gasteiger partial charge < -0.3 is 0 Å². The van der Waals surface area contributed by atoms with Crippen LogP contribution >= 0.6 is 23.2 Å². The van der Waals surface area contributed by atoms with Crippen LogP contribution in [0.2, 0.25) is 10.2 Å². The Bertz CT molecular complexity index is 534. The van der Waals surface area contributed by atoms with Crippen LogP contribution < -0.4 is 5.43 Å². The lowest BCUT2D eigenvalue weighted by molar-refractivity contribution is -0.137. The second-order valence-corrected chi connectivity index (χ2v) is 3.84. The van der Waals surface area contributed by atoms with Crippen molar-refractivity contribution in [2.75, 3.05) is 5.43 Å². The van der Waals surface area contributed by atoms with Gasteiger partial charge in [-0.3, -0.25) is 5.43 Å². The van der Waals surface area contributed by atoms with Gasteiger partial charge in [0.15, 0.2) is 5.82 Å². The SMILES string of the molecule is C/C(C#N)=N\Nc1nc(Cl)c(C(F)(F)F)cc1Cl. The van der Waals surface area contributed by atoms with Crippen LogP contribution in [0.1, 0.15) is 12.5 Å². The van der Waals surface area contributed by atoms with Gasteiger partial charge in [-0.1, -0.05) is 23.2 Å². The zero-order valence-electron chi connectivity index (χ0n) is 8.81. The summed E-state index contributed by atoms with van der Waals surface area (Å²) in [7, 11) is 0. The van der Waals surface area contributed by atoms with Crippen molar-refractivity contribution >= 4 is 34.7 Å². The molecular formula is C9H5Cl2F3N4. The highest BCUT2D eigenvalue weighted by Gasteiger charge is 2.34. The van der Waals surface area contributed by atoms with E-state index < -0.39 is 16.9 Å². The van der Waals surface area contributed by atoms with Crippen molar-refractivity contribution in [1.82, 2.24) is 4.98 Å². The summed E-state index contributed by atoms with van der Waals surface area (Å²) in [5, 5.41) is 10.9. The third-order valence-electron chi connectivity index (χ3n) is 1.73. The van der Waals surface area contributed by atoms with Crippen molar-refractivity contribution in [3.8, 4) is 6.07 Å². The Balaban J connectivity index is 3.13. The van der Waals surface area contributed by atoms with Crippen LogP contribution in [0.3, 0.4) is 0 Å². The van der Waals surface area contributed by atoms with Crippen LogP contribution in [0.5, 0.6) is 0 Å². The van der Waals surface area contributed by atoms with Crippen LogP contribution in [-0.4, -0.2) is 10.7 Å². The molecule has 96 valence electrons. The van der Waals surface area contributed by atoms with E-state index in [1.165, 1.54) is 6.92 Å². The maximum atomic E-state index is 12.5. The van der Waals surface area contributed by atoms with Gasteiger partial charge in [0.25, 0.3) is 0 Å². The second-order valence-electron chi connectivity index (χ2n) is 3.08. The zero-order chi connectivity index (χ0) is 13.9. The molecule has 1 aromatic heterocycles. The van der Waals surface area contributed by atoms with Crippen LogP contribution in [0.4, 0.5) is 19.0 Å². The molecule has 1 aromatic rings. The number of hydrogen-bond donors (Lipinski definition) is 1. The summed E-state index contributed by atoms with van der Waals surface area (Å²) in [4.78, 5) is 3.43. The molecule has 0 unspecified atom stereocenters. The van der Waals surface area contributed by atoms with Crippen LogP contribution in [0.25, 0.3) is 0 Å². The Kier molecular flexibility index (Phi) is 4.38. The molecule has 0 radical (unpaired) electrons. The summed E-state index contributed by atoms with van der Waals surface area (Å²) in [5.41, 5.74) is 1.17. The van der Waals surface area contributed by atoms with E-state index in [0.717, 1.165) is 0 Å². The summed E-state index contributed by atoms with van der Waals surface area (Å²) in [6, 6.07) is 2.34.